The lowest BCUT2D eigenvalue weighted by Crippen LogP contribution is -2.34. The van der Waals surface area contributed by atoms with Gasteiger partial charge in [-0.3, -0.25) is 4.98 Å². The van der Waals surface area contributed by atoms with Gasteiger partial charge in [0.15, 0.2) is 0 Å². The first-order valence-electron chi connectivity index (χ1n) is 6.80. The fourth-order valence-electron chi connectivity index (χ4n) is 2.38. The molecular weight excluding hydrogens is 236 g/mol. The molecule has 2 aromatic rings. The minimum absolute atomic E-state index is 0.355. The average Bonchev–Trinajstić information content (AvgIpc) is 2.50. The van der Waals surface area contributed by atoms with Crippen LogP contribution < -0.4 is 10.1 Å². The number of pyridine rings is 1. The van der Waals surface area contributed by atoms with Crippen molar-refractivity contribution in [3.05, 3.63) is 48.8 Å². The third kappa shape index (κ3) is 3.12. The number of piperidine rings is 1. The van der Waals surface area contributed by atoms with E-state index in [4.69, 9.17) is 4.74 Å². The molecule has 3 rings (SSSR count). The summed E-state index contributed by atoms with van der Waals surface area (Å²) in [5, 5.41) is 3.35. The van der Waals surface area contributed by atoms with Crippen LogP contribution >= 0.6 is 0 Å². The summed E-state index contributed by atoms with van der Waals surface area (Å²) in [6, 6.07) is 12.3. The molecule has 1 aromatic heterocycles. The topological polar surface area (TPSA) is 34.1 Å². The fourth-order valence-corrected chi connectivity index (χ4v) is 2.38. The van der Waals surface area contributed by atoms with Gasteiger partial charge in [-0.2, -0.15) is 0 Å². The number of benzene rings is 1. The van der Waals surface area contributed by atoms with Crippen LogP contribution in [-0.4, -0.2) is 24.2 Å². The van der Waals surface area contributed by atoms with Gasteiger partial charge < -0.3 is 10.1 Å². The maximum atomic E-state index is 5.99. The van der Waals surface area contributed by atoms with Gasteiger partial charge in [-0.15, -0.1) is 0 Å². The quantitative estimate of drug-likeness (QED) is 0.914. The normalized spacial score (nSPS) is 16.2. The van der Waals surface area contributed by atoms with Gasteiger partial charge in [0.1, 0.15) is 11.9 Å². The molecule has 1 aromatic carbocycles. The van der Waals surface area contributed by atoms with E-state index >= 15 is 0 Å². The Hall–Kier alpha value is -1.87. The van der Waals surface area contributed by atoms with E-state index in [2.05, 4.69) is 34.6 Å². The summed E-state index contributed by atoms with van der Waals surface area (Å²) in [5.74, 6) is 0.963. The summed E-state index contributed by atoms with van der Waals surface area (Å²) in [6.45, 7) is 2.11. The molecule has 0 atom stereocenters. The molecule has 98 valence electrons. The zero-order chi connectivity index (χ0) is 12.9. The number of aromatic nitrogens is 1. The van der Waals surface area contributed by atoms with Crippen LogP contribution in [0.5, 0.6) is 5.75 Å². The predicted octanol–water partition coefficient (Wildman–Crippen LogP) is 2.88. The van der Waals surface area contributed by atoms with Crippen LogP contribution in [0, 0.1) is 0 Å². The van der Waals surface area contributed by atoms with Crippen molar-refractivity contribution in [2.24, 2.45) is 0 Å². The Morgan fingerprint density at radius 2 is 1.53 bits per heavy atom. The van der Waals surface area contributed by atoms with Crippen molar-refractivity contribution in [1.82, 2.24) is 10.3 Å². The third-order valence-corrected chi connectivity index (χ3v) is 3.46. The molecule has 0 spiro atoms. The first-order valence-corrected chi connectivity index (χ1v) is 6.80. The number of hydrogen-bond acceptors (Lipinski definition) is 3. The molecule has 1 aliphatic rings. The second kappa shape index (κ2) is 5.85. The molecular formula is C16H18N2O. The molecule has 0 saturated carbocycles. The third-order valence-electron chi connectivity index (χ3n) is 3.46. The first-order chi connectivity index (χ1) is 9.42. The molecule has 1 saturated heterocycles. The Bertz CT molecular complexity index is 504. The zero-order valence-corrected chi connectivity index (χ0v) is 10.9. The minimum Gasteiger partial charge on any atom is -0.490 e. The summed E-state index contributed by atoms with van der Waals surface area (Å²) in [5.41, 5.74) is 2.38. The molecule has 1 N–H and O–H groups in total. The largest absolute Gasteiger partial charge is 0.490 e. The van der Waals surface area contributed by atoms with Crippen LogP contribution in [0.15, 0.2) is 48.8 Å². The predicted molar refractivity (Wildman–Crippen MR) is 76.2 cm³/mol. The van der Waals surface area contributed by atoms with Crippen molar-refractivity contribution in [2.75, 3.05) is 13.1 Å². The molecule has 0 amide bonds. The summed E-state index contributed by atoms with van der Waals surface area (Å²) in [6.07, 6.45) is 6.16. The Labute approximate surface area is 113 Å². The van der Waals surface area contributed by atoms with Crippen molar-refractivity contribution in [3.63, 3.8) is 0 Å². The number of hydrogen-bond donors (Lipinski definition) is 1. The first kappa shape index (κ1) is 12.2. The molecule has 0 unspecified atom stereocenters. The Balaban J connectivity index is 1.68. The second-order valence-electron chi connectivity index (χ2n) is 4.83. The monoisotopic (exact) mass is 254 g/mol. The van der Waals surface area contributed by atoms with Gasteiger partial charge in [0.25, 0.3) is 0 Å². The zero-order valence-electron chi connectivity index (χ0n) is 10.9. The van der Waals surface area contributed by atoms with Crippen LogP contribution in [0.3, 0.4) is 0 Å². The summed E-state index contributed by atoms with van der Waals surface area (Å²) >= 11 is 0. The van der Waals surface area contributed by atoms with Crippen molar-refractivity contribution >= 4 is 0 Å². The molecule has 19 heavy (non-hydrogen) atoms. The van der Waals surface area contributed by atoms with Gasteiger partial charge in [-0.1, -0.05) is 12.1 Å². The maximum Gasteiger partial charge on any atom is 0.119 e. The highest BCUT2D eigenvalue weighted by atomic mass is 16.5. The van der Waals surface area contributed by atoms with Crippen molar-refractivity contribution in [2.45, 2.75) is 18.9 Å². The van der Waals surface area contributed by atoms with Crippen LogP contribution in [0.2, 0.25) is 0 Å². The number of nitrogens with one attached hydrogen (secondary N) is 1. The van der Waals surface area contributed by atoms with E-state index in [-0.39, 0.29) is 0 Å². The molecule has 2 heterocycles. The lowest BCUT2D eigenvalue weighted by atomic mass is 10.1. The maximum absolute atomic E-state index is 5.99. The Morgan fingerprint density at radius 1 is 0.895 bits per heavy atom. The highest BCUT2D eigenvalue weighted by Gasteiger charge is 2.14. The highest BCUT2D eigenvalue weighted by molar-refractivity contribution is 5.63. The van der Waals surface area contributed by atoms with Crippen LogP contribution in [-0.2, 0) is 0 Å². The average molecular weight is 254 g/mol. The molecule has 0 aliphatic carbocycles. The second-order valence-corrected chi connectivity index (χ2v) is 4.83. The lowest BCUT2D eigenvalue weighted by molar-refractivity contribution is 0.162. The van der Waals surface area contributed by atoms with E-state index in [1.165, 1.54) is 11.1 Å². The minimum atomic E-state index is 0.355. The molecule has 1 aliphatic heterocycles. The molecule has 0 radical (unpaired) electrons. The SMILES string of the molecule is c1cc(-c2ccc(OC3CCNCC3)cc2)ccn1. The number of nitrogens with zero attached hydrogens (tertiary/aromatic N) is 1. The van der Waals surface area contributed by atoms with Gasteiger partial charge in [-0.25, -0.2) is 0 Å². The summed E-state index contributed by atoms with van der Waals surface area (Å²) in [7, 11) is 0. The van der Waals surface area contributed by atoms with Gasteiger partial charge in [0.2, 0.25) is 0 Å². The van der Waals surface area contributed by atoms with Gasteiger partial charge in [0.05, 0.1) is 0 Å². The van der Waals surface area contributed by atoms with Gasteiger partial charge in [0, 0.05) is 12.4 Å². The van der Waals surface area contributed by atoms with Crippen molar-refractivity contribution in [3.8, 4) is 16.9 Å². The Morgan fingerprint density at radius 3 is 2.21 bits per heavy atom. The molecule has 1 fully saturated rings. The van der Waals surface area contributed by atoms with Crippen LogP contribution in [0.1, 0.15) is 12.8 Å². The van der Waals surface area contributed by atoms with E-state index in [0.29, 0.717) is 6.10 Å². The molecule has 0 bridgehead atoms. The van der Waals surface area contributed by atoms with E-state index < -0.39 is 0 Å². The van der Waals surface area contributed by atoms with E-state index in [9.17, 15) is 0 Å². The van der Waals surface area contributed by atoms with Crippen molar-refractivity contribution < 1.29 is 4.74 Å². The van der Waals surface area contributed by atoms with Gasteiger partial charge >= 0.3 is 0 Å². The smallest absolute Gasteiger partial charge is 0.119 e. The van der Waals surface area contributed by atoms with E-state index in [1.807, 2.05) is 24.5 Å². The van der Waals surface area contributed by atoms with Gasteiger partial charge in [-0.05, 0) is 61.3 Å². The Kier molecular flexibility index (Phi) is 3.75. The van der Waals surface area contributed by atoms with E-state index in [0.717, 1.165) is 31.7 Å². The summed E-state index contributed by atoms with van der Waals surface area (Å²) in [4.78, 5) is 4.04. The summed E-state index contributed by atoms with van der Waals surface area (Å²) < 4.78 is 5.99. The number of rotatable bonds is 3. The molecule has 3 nitrogen and oxygen atoms in total. The lowest BCUT2D eigenvalue weighted by Gasteiger charge is -2.23. The fraction of sp³-hybridized carbons (Fsp3) is 0.312. The van der Waals surface area contributed by atoms with Crippen LogP contribution in [0.4, 0.5) is 0 Å². The number of ether oxygens (including phenoxy) is 1. The van der Waals surface area contributed by atoms with Crippen molar-refractivity contribution in [1.29, 1.82) is 0 Å². The highest BCUT2D eigenvalue weighted by Crippen LogP contribution is 2.23. The van der Waals surface area contributed by atoms with Crippen LogP contribution in [0.25, 0.3) is 11.1 Å². The molecule has 3 heteroatoms. The standard InChI is InChI=1S/C16H18N2O/c1-3-15(19-16-7-11-18-12-8-16)4-2-13(1)14-5-9-17-10-6-14/h1-6,9-10,16,18H,7-8,11-12H2. The van der Waals surface area contributed by atoms with E-state index in [1.54, 1.807) is 0 Å².